The van der Waals surface area contributed by atoms with Crippen molar-refractivity contribution in [2.45, 2.75) is 53.4 Å². The van der Waals surface area contributed by atoms with Crippen molar-refractivity contribution in [3.8, 4) is 0 Å². The number of aromatic nitrogens is 2. The van der Waals surface area contributed by atoms with Gasteiger partial charge in [-0.05, 0) is 47.1 Å². The van der Waals surface area contributed by atoms with Gasteiger partial charge in [-0.25, -0.2) is 0 Å². The first-order valence-electron chi connectivity index (χ1n) is 16.4. The number of rotatable bonds is 4. The molecule has 10 heteroatoms. The Balaban J connectivity index is 1.34. The summed E-state index contributed by atoms with van der Waals surface area (Å²) >= 11 is 0. The van der Waals surface area contributed by atoms with Crippen LogP contribution in [-0.4, -0.2) is 43.3 Å². The third kappa shape index (κ3) is 3.08. The third-order valence-corrected chi connectivity index (χ3v) is 10.7. The topological polar surface area (TPSA) is 15.9 Å². The van der Waals surface area contributed by atoms with Crippen LogP contribution in [0.5, 0.6) is 0 Å². The van der Waals surface area contributed by atoms with Gasteiger partial charge in [0, 0.05) is 47.2 Å². The van der Waals surface area contributed by atoms with Gasteiger partial charge in [0.2, 0.25) is 0 Å². The molecule has 0 fully saturated rings. The predicted molar refractivity (Wildman–Crippen MR) is 181 cm³/mol. The van der Waals surface area contributed by atoms with Crippen molar-refractivity contribution in [3.63, 3.8) is 0 Å². The Hall–Kier alpha value is -4.59. The molecule has 4 nitrogen and oxygen atoms in total. The average Bonchev–Trinajstić information content (AvgIpc) is 3.76. The van der Waals surface area contributed by atoms with Gasteiger partial charge >= 0.3 is 13.9 Å². The maximum atomic E-state index is 17.0. The van der Waals surface area contributed by atoms with E-state index in [0.717, 1.165) is 21.5 Å². The van der Waals surface area contributed by atoms with Gasteiger partial charge in [-0.2, -0.15) is 0 Å². The quantitative estimate of drug-likeness (QED) is 0.142. The highest BCUT2D eigenvalue weighted by Crippen LogP contribution is 2.48. The van der Waals surface area contributed by atoms with Gasteiger partial charge in [-0.15, -0.1) is 0 Å². The number of halogens is 4. The summed E-state index contributed by atoms with van der Waals surface area (Å²) in [5.74, 6) is 0. The van der Waals surface area contributed by atoms with E-state index in [1.165, 1.54) is 17.9 Å². The van der Waals surface area contributed by atoms with Gasteiger partial charge < -0.3 is 35.2 Å². The normalized spacial score (nSPS) is 18.3. The molecule has 0 bridgehead atoms. The lowest BCUT2D eigenvalue weighted by Crippen LogP contribution is -2.50. The molecule has 0 spiro atoms. The van der Waals surface area contributed by atoms with Crippen molar-refractivity contribution in [2.75, 3.05) is 0 Å². The van der Waals surface area contributed by atoms with Gasteiger partial charge in [-0.3, -0.25) is 0 Å². The summed E-state index contributed by atoms with van der Waals surface area (Å²) < 4.78 is 72.9. The van der Waals surface area contributed by atoms with E-state index in [1.807, 2.05) is 101 Å². The number of benzene rings is 3. The maximum absolute atomic E-state index is 17.0. The lowest BCUT2D eigenvalue weighted by Gasteiger charge is -2.31. The fraction of sp³-hybridized carbons (Fsp3) is 0.222. The summed E-state index contributed by atoms with van der Waals surface area (Å²) in [7, 11) is 0. The fourth-order valence-electron chi connectivity index (χ4n) is 8.98. The van der Waals surface area contributed by atoms with E-state index in [4.69, 9.17) is 0 Å². The van der Waals surface area contributed by atoms with Crippen LogP contribution in [0.15, 0.2) is 60.7 Å². The second-order valence-electron chi connectivity index (χ2n) is 12.7. The molecule has 9 rings (SSSR count). The Morgan fingerprint density at radius 2 is 0.891 bits per heavy atom. The van der Waals surface area contributed by atoms with Crippen molar-refractivity contribution in [2.24, 2.45) is 0 Å². The largest absolute Gasteiger partial charge is 0.737 e. The molecular formula is C36H32B2F4N4. The molecule has 0 atom stereocenters. The standard InChI is InChI=1S/C36H32B2F4N4/c1-5-29-21-13-9-11-15-23(21)33-19-35-27-18-26-28(17-25(27)31(7-3)45(35)37(39,40)43(29)33)36-20-34-24-16-12-10-14-22(24)30(6-2)44(34)38(41,42)46(36)32(26)8-4/h9-20H,5-8H2,1-4H3. The second kappa shape index (κ2) is 9.02. The summed E-state index contributed by atoms with van der Waals surface area (Å²) in [6.45, 7) is -0.809. The Morgan fingerprint density at radius 1 is 0.522 bits per heavy atom. The molecule has 0 unspecified atom stereocenters. The van der Waals surface area contributed by atoms with E-state index in [0.29, 0.717) is 93.5 Å². The molecule has 6 heterocycles. The van der Waals surface area contributed by atoms with Crippen molar-refractivity contribution >= 4 is 70.5 Å². The molecule has 4 aliphatic rings. The van der Waals surface area contributed by atoms with Crippen LogP contribution in [0.2, 0.25) is 0 Å². The Kier molecular flexibility index (Phi) is 5.43. The minimum Gasteiger partial charge on any atom is -0.393 e. The van der Waals surface area contributed by atoms with Crippen molar-refractivity contribution in [3.05, 3.63) is 106 Å². The minimum absolute atomic E-state index is 0.374. The van der Waals surface area contributed by atoms with Crippen LogP contribution in [0.4, 0.5) is 17.3 Å². The lowest BCUT2D eigenvalue weighted by atomic mass is 9.89. The summed E-state index contributed by atoms with van der Waals surface area (Å²) in [5.41, 5.74) is 6.89. The number of nitrogens with zero attached hydrogens (tertiary/aromatic N) is 4. The molecule has 3 aromatic carbocycles. The average molecular weight is 618 g/mol. The first kappa shape index (κ1) is 27.7. The van der Waals surface area contributed by atoms with Gasteiger partial charge in [-0.1, -0.05) is 76.2 Å². The first-order chi connectivity index (χ1) is 22.2. The monoisotopic (exact) mass is 618 g/mol. The lowest BCUT2D eigenvalue weighted by molar-refractivity contribution is -0.319. The van der Waals surface area contributed by atoms with Crippen molar-refractivity contribution in [1.82, 2.24) is 8.96 Å². The molecular weight excluding hydrogens is 586 g/mol. The molecule has 4 aliphatic heterocycles. The van der Waals surface area contributed by atoms with Crippen molar-refractivity contribution in [1.29, 1.82) is 0 Å². The van der Waals surface area contributed by atoms with Crippen LogP contribution in [0.25, 0.3) is 45.1 Å². The smallest absolute Gasteiger partial charge is 0.393 e. The highest BCUT2D eigenvalue weighted by Gasteiger charge is 2.58. The van der Waals surface area contributed by atoms with E-state index in [9.17, 15) is 0 Å². The number of fused-ring (bicyclic) bond motifs is 12. The molecule has 0 amide bonds. The molecule has 0 saturated carbocycles. The fourth-order valence-corrected chi connectivity index (χ4v) is 8.98. The highest BCUT2D eigenvalue weighted by atomic mass is 19.3. The van der Waals surface area contributed by atoms with Crippen LogP contribution < -0.4 is 0 Å². The molecule has 0 N–H and O–H groups in total. The number of hydrogen-bond acceptors (Lipinski definition) is 0. The van der Waals surface area contributed by atoms with Gasteiger partial charge in [0.15, 0.2) is 11.4 Å². The van der Waals surface area contributed by atoms with E-state index in [1.54, 1.807) is 0 Å². The van der Waals surface area contributed by atoms with Crippen LogP contribution in [0.1, 0.15) is 85.6 Å². The molecule has 2 aromatic heterocycles. The van der Waals surface area contributed by atoms with Crippen LogP contribution >= 0.6 is 0 Å². The maximum Gasteiger partial charge on any atom is 0.737 e. The Bertz CT molecular complexity index is 2200. The summed E-state index contributed by atoms with van der Waals surface area (Å²) in [4.78, 5) is 0. The summed E-state index contributed by atoms with van der Waals surface area (Å²) in [6, 6.07) is 19.0. The number of hydrogen-bond donors (Lipinski definition) is 0. The van der Waals surface area contributed by atoms with Crippen LogP contribution in [0.3, 0.4) is 0 Å². The third-order valence-electron chi connectivity index (χ3n) is 10.7. The summed E-state index contributed by atoms with van der Waals surface area (Å²) in [6.07, 6.45) is 5.46. The van der Waals surface area contributed by atoms with E-state index in [-0.39, 0.29) is 0 Å². The molecule has 5 aromatic rings. The van der Waals surface area contributed by atoms with E-state index in [2.05, 4.69) is 0 Å². The Morgan fingerprint density at radius 3 is 1.24 bits per heavy atom. The number of aryl methyl sites for hydroxylation is 2. The first-order valence-corrected chi connectivity index (χ1v) is 16.4. The molecule has 230 valence electrons. The second-order valence-corrected chi connectivity index (χ2v) is 12.7. The van der Waals surface area contributed by atoms with Crippen LogP contribution in [-0.2, 0) is 12.8 Å². The zero-order valence-corrected chi connectivity index (χ0v) is 26.2. The predicted octanol–water partition coefficient (Wildman–Crippen LogP) is 8.64. The molecule has 0 saturated heterocycles. The van der Waals surface area contributed by atoms with Crippen LogP contribution in [0, 0.1) is 0 Å². The van der Waals surface area contributed by atoms with Gasteiger partial charge in [0.1, 0.15) is 11.4 Å². The zero-order valence-electron chi connectivity index (χ0n) is 26.2. The van der Waals surface area contributed by atoms with Crippen molar-refractivity contribution < 1.29 is 26.2 Å². The SMILES string of the molecule is CCC1=[N+]2C(=Cc3c4ccccc4c(CC)n3[B-]2(F)F)c2cc3c(cc21)C1=Cc2c4ccccc4c(CC)n2[B-](F)(F)[N+]1=C3CC. The minimum atomic E-state index is -4.21. The van der Waals surface area contributed by atoms with Gasteiger partial charge in [0.05, 0.1) is 22.3 Å². The van der Waals surface area contributed by atoms with Gasteiger partial charge in [0.25, 0.3) is 0 Å². The Labute approximate surface area is 264 Å². The molecule has 0 radical (unpaired) electrons. The molecule has 0 aliphatic carbocycles. The highest BCUT2D eigenvalue weighted by molar-refractivity contribution is 6.60. The zero-order chi connectivity index (χ0) is 31.9. The van der Waals surface area contributed by atoms with E-state index >= 15 is 17.3 Å². The van der Waals surface area contributed by atoms with E-state index < -0.39 is 13.9 Å². The summed E-state index contributed by atoms with van der Waals surface area (Å²) in [5, 5.41) is 3.27. The molecule has 46 heavy (non-hydrogen) atoms.